The largest absolute Gasteiger partial charge is 0.387 e. The van der Waals surface area contributed by atoms with E-state index in [9.17, 15) is 9.90 Å². The molecule has 1 aromatic carbocycles. The number of carbonyl (C=O) groups is 1. The molecule has 5 nitrogen and oxygen atoms in total. The summed E-state index contributed by atoms with van der Waals surface area (Å²) in [5, 5.41) is 17.0. The van der Waals surface area contributed by atoms with Crippen molar-refractivity contribution in [2.24, 2.45) is 11.8 Å². The second kappa shape index (κ2) is 9.49. The molecule has 0 aromatic heterocycles. The topological polar surface area (TPSA) is 64.6 Å². The molecule has 1 aromatic rings. The van der Waals surface area contributed by atoms with Crippen LogP contribution >= 0.6 is 0 Å². The molecule has 3 N–H and O–H groups in total. The van der Waals surface area contributed by atoms with Gasteiger partial charge in [0.15, 0.2) is 0 Å². The van der Waals surface area contributed by atoms with E-state index < -0.39 is 6.10 Å². The molecule has 0 bridgehead atoms. The third kappa shape index (κ3) is 5.53. The third-order valence-electron chi connectivity index (χ3n) is 5.88. The van der Waals surface area contributed by atoms with Gasteiger partial charge >= 0.3 is 0 Å². The lowest BCUT2D eigenvalue weighted by Gasteiger charge is -2.34. The zero-order chi connectivity index (χ0) is 18.4. The normalized spacial score (nSPS) is 26.4. The van der Waals surface area contributed by atoms with Gasteiger partial charge in [0.25, 0.3) is 0 Å². The summed E-state index contributed by atoms with van der Waals surface area (Å²) in [6.45, 7) is 6.58. The number of aliphatic hydroxyl groups is 1. The highest BCUT2D eigenvalue weighted by molar-refractivity contribution is 5.78. The van der Waals surface area contributed by atoms with E-state index in [-0.39, 0.29) is 11.8 Å². The van der Waals surface area contributed by atoms with Crippen LogP contribution in [0.25, 0.3) is 0 Å². The number of likely N-dealkylation sites (tertiary alicyclic amines) is 1. The molecule has 2 fully saturated rings. The predicted octanol–water partition coefficient (Wildman–Crippen LogP) is 1.94. The van der Waals surface area contributed by atoms with Crippen LogP contribution in [0.2, 0.25) is 0 Å². The van der Waals surface area contributed by atoms with E-state index in [1.54, 1.807) is 0 Å². The molecule has 1 unspecified atom stereocenters. The lowest BCUT2D eigenvalue weighted by molar-refractivity contribution is -0.126. The number of amides is 1. The molecule has 144 valence electrons. The van der Waals surface area contributed by atoms with Crippen molar-refractivity contribution < 1.29 is 9.90 Å². The number of aliphatic hydroxyl groups excluding tert-OH is 1. The van der Waals surface area contributed by atoms with Gasteiger partial charge < -0.3 is 20.6 Å². The summed E-state index contributed by atoms with van der Waals surface area (Å²) in [6, 6.07) is 10.3. The highest BCUT2D eigenvalue weighted by Crippen LogP contribution is 2.21. The maximum absolute atomic E-state index is 12.4. The molecule has 2 saturated heterocycles. The fourth-order valence-corrected chi connectivity index (χ4v) is 4.16. The van der Waals surface area contributed by atoms with Crippen molar-refractivity contribution in [1.29, 1.82) is 0 Å². The Morgan fingerprint density at radius 2 is 2.00 bits per heavy atom. The minimum Gasteiger partial charge on any atom is -0.387 e. The van der Waals surface area contributed by atoms with Crippen LogP contribution in [0, 0.1) is 11.8 Å². The van der Waals surface area contributed by atoms with Crippen molar-refractivity contribution in [3.63, 3.8) is 0 Å². The van der Waals surface area contributed by atoms with E-state index in [1.165, 1.54) is 0 Å². The van der Waals surface area contributed by atoms with Crippen molar-refractivity contribution >= 4 is 5.91 Å². The average molecular weight is 360 g/mol. The second-order valence-electron chi connectivity index (χ2n) is 7.99. The zero-order valence-electron chi connectivity index (χ0n) is 15.9. The summed E-state index contributed by atoms with van der Waals surface area (Å²) in [6.07, 6.45) is 3.65. The number of rotatable bonds is 6. The molecule has 2 aliphatic rings. The molecule has 3 atom stereocenters. The van der Waals surface area contributed by atoms with Crippen LogP contribution in [0.3, 0.4) is 0 Å². The number of benzene rings is 1. The van der Waals surface area contributed by atoms with Crippen LogP contribution in [-0.4, -0.2) is 54.7 Å². The van der Waals surface area contributed by atoms with Gasteiger partial charge in [-0.15, -0.1) is 0 Å². The van der Waals surface area contributed by atoms with E-state index in [1.807, 2.05) is 30.3 Å². The van der Waals surface area contributed by atoms with Gasteiger partial charge in [-0.3, -0.25) is 4.79 Å². The Morgan fingerprint density at radius 3 is 2.69 bits per heavy atom. The Hall–Kier alpha value is -1.43. The van der Waals surface area contributed by atoms with Gasteiger partial charge in [0, 0.05) is 25.0 Å². The Kier molecular flexibility index (Phi) is 7.06. The summed E-state index contributed by atoms with van der Waals surface area (Å²) in [5.41, 5.74) is 0.984. The number of piperidine rings is 2. The monoisotopic (exact) mass is 359 g/mol. The fraction of sp³-hybridized carbons (Fsp3) is 0.667. The first-order chi connectivity index (χ1) is 12.6. The molecule has 5 heteroatoms. The maximum Gasteiger partial charge on any atom is 0.223 e. The maximum atomic E-state index is 12.4. The van der Waals surface area contributed by atoms with E-state index >= 15 is 0 Å². The summed E-state index contributed by atoms with van der Waals surface area (Å²) in [5.74, 6) is 0.968. The van der Waals surface area contributed by atoms with Crippen molar-refractivity contribution in [2.75, 3.05) is 32.7 Å². The molecular weight excluding hydrogens is 326 g/mol. The number of hydrogen-bond donors (Lipinski definition) is 3. The van der Waals surface area contributed by atoms with Gasteiger partial charge in [0.1, 0.15) is 0 Å². The number of carbonyl (C=O) groups excluding carboxylic acids is 1. The first-order valence-electron chi connectivity index (χ1n) is 10.1. The van der Waals surface area contributed by atoms with Gasteiger partial charge in [-0.05, 0) is 63.7 Å². The first kappa shape index (κ1) is 19.3. The number of hydrogen-bond acceptors (Lipinski definition) is 4. The fourth-order valence-electron chi connectivity index (χ4n) is 4.16. The van der Waals surface area contributed by atoms with E-state index in [0.717, 1.165) is 57.4 Å². The Bertz CT molecular complexity index is 558. The molecule has 2 heterocycles. The van der Waals surface area contributed by atoms with Crippen LogP contribution in [0.5, 0.6) is 0 Å². The summed E-state index contributed by atoms with van der Waals surface area (Å²) >= 11 is 0. The quantitative estimate of drug-likeness (QED) is 0.726. The van der Waals surface area contributed by atoms with Crippen molar-refractivity contribution in [3.05, 3.63) is 35.9 Å². The summed E-state index contributed by atoms with van der Waals surface area (Å²) in [4.78, 5) is 14.7. The smallest absolute Gasteiger partial charge is 0.223 e. The SMILES string of the molecule is C[C@H]1C[C@@H](C(=O)NCC2CCN(CC(O)c3ccccc3)CC2)CCN1. The minimum absolute atomic E-state index is 0.173. The molecule has 0 spiro atoms. The van der Waals surface area contributed by atoms with Gasteiger partial charge in [0.2, 0.25) is 5.91 Å². The Balaban J connectivity index is 1.35. The first-order valence-corrected chi connectivity index (χ1v) is 10.1. The summed E-state index contributed by atoms with van der Waals surface area (Å²) < 4.78 is 0. The molecular formula is C21H33N3O2. The lowest BCUT2D eigenvalue weighted by atomic mass is 9.91. The molecule has 0 radical (unpaired) electrons. The lowest BCUT2D eigenvalue weighted by Crippen LogP contribution is -2.44. The van der Waals surface area contributed by atoms with Crippen LogP contribution in [0.15, 0.2) is 30.3 Å². The van der Waals surface area contributed by atoms with E-state index in [4.69, 9.17) is 0 Å². The second-order valence-corrected chi connectivity index (χ2v) is 7.99. The number of nitrogens with zero attached hydrogens (tertiary/aromatic N) is 1. The minimum atomic E-state index is -0.422. The van der Waals surface area contributed by atoms with E-state index in [0.29, 0.717) is 18.5 Å². The Morgan fingerprint density at radius 1 is 1.27 bits per heavy atom. The van der Waals surface area contributed by atoms with Crippen LogP contribution < -0.4 is 10.6 Å². The van der Waals surface area contributed by atoms with Crippen LogP contribution in [0.1, 0.15) is 44.3 Å². The highest BCUT2D eigenvalue weighted by Gasteiger charge is 2.26. The van der Waals surface area contributed by atoms with Crippen molar-refractivity contribution in [1.82, 2.24) is 15.5 Å². The molecule has 26 heavy (non-hydrogen) atoms. The zero-order valence-corrected chi connectivity index (χ0v) is 15.9. The standard InChI is InChI=1S/C21H33N3O2/c1-16-13-19(7-10-22-16)21(26)23-14-17-8-11-24(12-9-17)15-20(25)18-5-3-2-4-6-18/h2-6,16-17,19-20,22,25H,7-15H2,1H3,(H,23,26)/t16-,19-,20?/m0/s1. The summed E-state index contributed by atoms with van der Waals surface area (Å²) in [7, 11) is 0. The van der Waals surface area contributed by atoms with Crippen molar-refractivity contribution in [3.8, 4) is 0 Å². The predicted molar refractivity (Wildman–Crippen MR) is 104 cm³/mol. The van der Waals surface area contributed by atoms with Crippen LogP contribution in [0.4, 0.5) is 0 Å². The average Bonchev–Trinajstić information content (AvgIpc) is 2.68. The molecule has 3 rings (SSSR count). The number of nitrogens with one attached hydrogen (secondary N) is 2. The Labute approximate surface area is 157 Å². The van der Waals surface area contributed by atoms with Crippen molar-refractivity contribution in [2.45, 2.75) is 44.8 Å². The van der Waals surface area contributed by atoms with Gasteiger partial charge in [0.05, 0.1) is 6.10 Å². The van der Waals surface area contributed by atoms with E-state index in [2.05, 4.69) is 22.5 Å². The molecule has 1 amide bonds. The van der Waals surface area contributed by atoms with Gasteiger partial charge in [-0.2, -0.15) is 0 Å². The van der Waals surface area contributed by atoms with Gasteiger partial charge in [-0.1, -0.05) is 30.3 Å². The molecule has 0 saturated carbocycles. The highest BCUT2D eigenvalue weighted by atomic mass is 16.3. The number of β-amino-alcohol motifs (C(OH)–C–C–N with tert-alkyl or cyclic N) is 1. The van der Waals surface area contributed by atoms with Gasteiger partial charge in [-0.25, -0.2) is 0 Å². The third-order valence-corrected chi connectivity index (χ3v) is 5.88. The molecule has 0 aliphatic carbocycles. The van der Waals surface area contributed by atoms with Crippen LogP contribution in [-0.2, 0) is 4.79 Å². The molecule has 2 aliphatic heterocycles.